The van der Waals surface area contributed by atoms with E-state index in [0.29, 0.717) is 0 Å². The summed E-state index contributed by atoms with van der Waals surface area (Å²) in [5.41, 5.74) is 0.728. The van der Waals surface area contributed by atoms with Gasteiger partial charge in [-0.15, -0.1) is 11.3 Å². The van der Waals surface area contributed by atoms with Crippen molar-refractivity contribution >= 4 is 17.0 Å². The molecule has 0 fully saturated rings. The standard InChI is InChI=1S/C11H17NOS/c1-8-6-7-10(14-8)9(2)12-13-11(3,4)5/h6-7H,1-5H3/b12-9+. The Bertz CT molecular complexity index is 333. The van der Waals surface area contributed by atoms with Gasteiger partial charge in [-0.05, 0) is 46.8 Å². The molecule has 0 bridgehead atoms. The van der Waals surface area contributed by atoms with Gasteiger partial charge in [-0.1, -0.05) is 5.16 Å². The predicted octanol–water partition coefficient (Wildman–Crippen LogP) is 3.60. The lowest BCUT2D eigenvalue weighted by Crippen LogP contribution is -2.16. The van der Waals surface area contributed by atoms with Crippen molar-refractivity contribution in [3.63, 3.8) is 0 Å². The quantitative estimate of drug-likeness (QED) is 0.541. The van der Waals surface area contributed by atoms with Crippen LogP contribution in [0.2, 0.25) is 0 Å². The van der Waals surface area contributed by atoms with Gasteiger partial charge in [-0.3, -0.25) is 0 Å². The molecule has 1 rings (SSSR count). The first kappa shape index (κ1) is 11.2. The largest absolute Gasteiger partial charge is 0.390 e. The normalized spacial score (nSPS) is 13.1. The molecule has 2 nitrogen and oxygen atoms in total. The summed E-state index contributed by atoms with van der Waals surface area (Å²) in [6.45, 7) is 10.0. The third kappa shape index (κ3) is 3.50. The molecule has 0 amide bonds. The molecule has 1 aromatic heterocycles. The van der Waals surface area contributed by atoms with Crippen molar-refractivity contribution in [3.8, 4) is 0 Å². The van der Waals surface area contributed by atoms with Crippen LogP contribution in [0.4, 0.5) is 0 Å². The van der Waals surface area contributed by atoms with E-state index >= 15 is 0 Å². The topological polar surface area (TPSA) is 21.6 Å². The molecule has 0 N–H and O–H groups in total. The molecular weight excluding hydrogens is 194 g/mol. The summed E-state index contributed by atoms with van der Waals surface area (Å²) < 4.78 is 0. The second-order valence-corrected chi connectivity index (χ2v) is 5.58. The fraction of sp³-hybridized carbons (Fsp3) is 0.545. The van der Waals surface area contributed by atoms with E-state index in [4.69, 9.17) is 4.84 Å². The Hall–Kier alpha value is -0.830. The molecule has 0 aliphatic carbocycles. The van der Waals surface area contributed by atoms with E-state index in [0.717, 1.165) is 5.71 Å². The fourth-order valence-corrected chi connectivity index (χ4v) is 1.68. The van der Waals surface area contributed by atoms with Crippen LogP contribution >= 0.6 is 11.3 Å². The highest BCUT2D eigenvalue weighted by Crippen LogP contribution is 2.17. The molecule has 0 spiro atoms. The van der Waals surface area contributed by atoms with E-state index in [1.165, 1.54) is 9.75 Å². The van der Waals surface area contributed by atoms with Crippen LogP contribution in [0.15, 0.2) is 17.3 Å². The van der Waals surface area contributed by atoms with Gasteiger partial charge in [0.05, 0.1) is 10.6 Å². The molecular formula is C11H17NOS. The molecule has 14 heavy (non-hydrogen) atoms. The second kappa shape index (κ2) is 4.13. The number of aryl methyl sites for hydroxylation is 1. The van der Waals surface area contributed by atoms with E-state index in [2.05, 4.69) is 24.2 Å². The summed E-state index contributed by atoms with van der Waals surface area (Å²) in [5.74, 6) is 0. The Kier molecular flexibility index (Phi) is 3.32. The zero-order chi connectivity index (χ0) is 10.8. The minimum absolute atomic E-state index is 0.215. The maximum absolute atomic E-state index is 5.35. The lowest BCUT2D eigenvalue weighted by Gasteiger charge is -2.15. The van der Waals surface area contributed by atoms with Gasteiger partial charge in [-0.2, -0.15) is 0 Å². The first-order chi connectivity index (χ1) is 6.38. The van der Waals surface area contributed by atoms with Crippen LogP contribution in [0.25, 0.3) is 0 Å². The van der Waals surface area contributed by atoms with E-state index in [9.17, 15) is 0 Å². The number of hydrogen-bond donors (Lipinski definition) is 0. The number of thiophene rings is 1. The van der Waals surface area contributed by atoms with Gasteiger partial charge in [0.25, 0.3) is 0 Å². The first-order valence-electron chi connectivity index (χ1n) is 4.68. The zero-order valence-corrected chi connectivity index (χ0v) is 10.2. The fourth-order valence-electron chi connectivity index (χ4n) is 0.879. The summed E-state index contributed by atoms with van der Waals surface area (Å²) in [6, 6.07) is 4.17. The van der Waals surface area contributed by atoms with Crippen LogP contribution < -0.4 is 0 Å². The summed E-state index contributed by atoms with van der Waals surface area (Å²) in [4.78, 5) is 7.82. The monoisotopic (exact) mass is 211 g/mol. The van der Waals surface area contributed by atoms with Crippen molar-refractivity contribution in [3.05, 3.63) is 21.9 Å². The maximum Gasteiger partial charge on any atom is 0.129 e. The molecule has 78 valence electrons. The average molecular weight is 211 g/mol. The molecule has 0 aliphatic heterocycles. The van der Waals surface area contributed by atoms with E-state index < -0.39 is 0 Å². The van der Waals surface area contributed by atoms with Gasteiger partial charge in [0.15, 0.2) is 0 Å². The van der Waals surface area contributed by atoms with Crippen molar-refractivity contribution in [1.29, 1.82) is 0 Å². The number of oxime groups is 1. The van der Waals surface area contributed by atoms with Crippen molar-refractivity contribution in [2.24, 2.45) is 5.16 Å². The highest BCUT2D eigenvalue weighted by Gasteiger charge is 2.10. The number of rotatable bonds is 2. The van der Waals surface area contributed by atoms with Crippen molar-refractivity contribution in [2.45, 2.75) is 40.2 Å². The lowest BCUT2D eigenvalue weighted by atomic mass is 10.2. The molecule has 0 saturated heterocycles. The van der Waals surface area contributed by atoms with Gasteiger partial charge in [0.1, 0.15) is 5.60 Å². The first-order valence-corrected chi connectivity index (χ1v) is 5.50. The van der Waals surface area contributed by atoms with E-state index in [1.807, 2.05) is 27.7 Å². The zero-order valence-electron chi connectivity index (χ0n) is 9.42. The molecule has 1 heterocycles. The minimum atomic E-state index is -0.215. The van der Waals surface area contributed by atoms with Gasteiger partial charge < -0.3 is 4.84 Å². The lowest BCUT2D eigenvalue weighted by molar-refractivity contribution is 0.000987. The molecule has 3 heteroatoms. The number of hydrogen-bond acceptors (Lipinski definition) is 3. The molecule has 0 atom stereocenters. The van der Waals surface area contributed by atoms with Crippen LogP contribution in [-0.4, -0.2) is 11.3 Å². The third-order valence-corrected chi connectivity index (χ3v) is 2.66. The Morgan fingerprint density at radius 1 is 1.36 bits per heavy atom. The highest BCUT2D eigenvalue weighted by atomic mass is 32.1. The van der Waals surface area contributed by atoms with Crippen LogP contribution in [0.5, 0.6) is 0 Å². The molecule has 0 aromatic carbocycles. The van der Waals surface area contributed by atoms with Gasteiger partial charge in [0, 0.05) is 4.88 Å². The molecule has 0 unspecified atom stereocenters. The van der Waals surface area contributed by atoms with Gasteiger partial charge in [-0.25, -0.2) is 0 Å². The Morgan fingerprint density at radius 3 is 2.43 bits per heavy atom. The summed E-state index contributed by atoms with van der Waals surface area (Å²) in [5, 5.41) is 4.11. The highest BCUT2D eigenvalue weighted by molar-refractivity contribution is 7.14. The minimum Gasteiger partial charge on any atom is -0.390 e. The van der Waals surface area contributed by atoms with Gasteiger partial charge in [0.2, 0.25) is 0 Å². The SMILES string of the molecule is C/C(=N\OC(C)(C)C)c1ccc(C)s1. The molecule has 0 saturated carbocycles. The molecule has 0 radical (unpaired) electrons. The van der Waals surface area contributed by atoms with Crippen LogP contribution in [0, 0.1) is 6.92 Å². The Labute approximate surface area is 89.6 Å². The van der Waals surface area contributed by atoms with Gasteiger partial charge >= 0.3 is 0 Å². The van der Waals surface area contributed by atoms with Crippen molar-refractivity contribution < 1.29 is 4.84 Å². The Morgan fingerprint density at radius 2 is 2.00 bits per heavy atom. The van der Waals surface area contributed by atoms with Crippen molar-refractivity contribution in [1.82, 2.24) is 0 Å². The van der Waals surface area contributed by atoms with Crippen molar-refractivity contribution in [2.75, 3.05) is 0 Å². The second-order valence-electron chi connectivity index (χ2n) is 4.29. The number of nitrogens with zero attached hydrogens (tertiary/aromatic N) is 1. The average Bonchev–Trinajstić information content (AvgIpc) is 2.46. The summed E-state index contributed by atoms with van der Waals surface area (Å²) >= 11 is 1.74. The molecule has 1 aromatic rings. The predicted molar refractivity (Wildman–Crippen MR) is 62.1 cm³/mol. The molecule has 0 aliphatic rings. The Balaban J connectivity index is 2.70. The van der Waals surface area contributed by atoms with Crippen LogP contribution in [-0.2, 0) is 4.84 Å². The van der Waals surface area contributed by atoms with E-state index in [-0.39, 0.29) is 5.60 Å². The summed E-state index contributed by atoms with van der Waals surface area (Å²) in [6.07, 6.45) is 0. The van der Waals surface area contributed by atoms with Crippen LogP contribution in [0.1, 0.15) is 37.4 Å². The summed E-state index contributed by atoms with van der Waals surface area (Å²) in [7, 11) is 0. The van der Waals surface area contributed by atoms with E-state index in [1.54, 1.807) is 11.3 Å². The smallest absolute Gasteiger partial charge is 0.129 e. The third-order valence-electron chi connectivity index (χ3n) is 1.55. The van der Waals surface area contributed by atoms with Crippen LogP contribution in [0.3, 0.4) is 0 Å². The maximum atomic E-state index is 5.35.